The van der Waals surface area contributed by atoms with Gasteiger partial charge in [-0.05, 0) is 55.3 Å². The molecule has 0 saturated carbocycles. The van der Waals surface area contributed by atoms with Gasteiger partial charge in [-0.3, -0.25) is 0 Å². The maximum absolute atomic E-state index is 9.96. The summed E-state index contributed by atoms with van der Waals surface area (Å²) in [7, 11) is 0. The van der Waals surface area contributed by atoms with Crippen molar-refractivity contribution < 1.29 is 10.4 Å². The molecule has 0 unspecified atom stereocenters. The second-order valence-electron chi connectivity index (χ2n) is 6.91. The van der Waals surface area contributed by atoms with Gasteiger partial charge in [0, 0.05) is 34.6 Å². The van der Waals surface area contributed by atoms with Crippen molar-refractivity contribution in [3.8, 4) is 5.75 Å². The van der Waals surface area contributed by atoms with E-state index >= 15 is 0 Å². The number of hydrazine groups is 1. The Morgan fingerprint density at radius 2 is 1.89 bits per heavy atom. The molecule has 2 aromatic carbocycles. The minimum absolute atomic E-state index is 0.298. The van der Waals surface area contributed by atoms with Crippen molar-refractivity contribution in [3.05, 3.63) is 39.8 Å². The number of nitrogens with zero attached hydrogens (tertiary/aromatic N) is 1. The molecular formula is C22H31N4O+. The summed E-state index contributed by atoms with van der Waals surface area (Å²) in [5.41, 5.74) is 8.11. The van der Waals surface area contributed by atoms with Crippen molar-refractivity contribution in [2.24, 2.45) is 0 Å². The SMILES string of the molecule is C/C=c1/c(C)c2[nH]c3ccc(O)cc3c2c(C)/c1=C/[NH2+]CNN(CC)CC. The lowest BCUT2D eigenvalue weighted by molar-refractivity contribution is -0.562. The summed E-state index contributed by atoms with van der Waals surface area (Å²) in [5.74, 6) is 0.298. The molecule has 0 radical (unpaired) electrons. The number of nitrogens with one attached hydrogen (secondary N) is 2. The average molecular weight is 368 g/mol. The molecule has 0 amide bonds. The van der Waals surface area contributed by atoms with Gasteiger partial charge in [0.15, 0.2) is 0 Å². The van der Waals surface area contributed by atoms with Gasteiger partial charge in [-0.1, -0.05) is 19.9 Å². The van der Waals surface area contributed by atoms with Gasteiger partial charge >= 0.3 is 0 Å². The molecule has 0 saturated heterocycles. The van der Waals surface area contributed by atoms with Crippen LogP contribution in [0.4, 0.5) is 0 Å². The standard InChI is InChI=1S/C22H30N4O/c1-6-17-15(5)22-21(18-11-16(27)9-10-20(18)25-22)14(4)19(17)12-23-13-24-26(7-2)8-3/h6,9-12,23-25,27H,7-8,13H2,1-5H3/p+1/b17-6-,19-12-. The third-order valence-electron chi connectivity index (χ3n) is 5.40. The molecule has 0 spiro atoms. The number of nitrogens with two attached hydrogens (primary N) is 1. The van der Waals surface area contributed by atoms with Crippen molar-refractivity contribution in [1.29, 1.82) is 0 Å². The van der Waals surface area contributed by atoms with Crippen LogP contribution in [0.15, 0.2) is 18.2 Å². The molecule has 5 heteroatoms. The van der Waals surface area contributed by atoms with E-state index in [0.717, 1.165) is 36.2 Å². The molecule has 3 rings (SSSR count). The second kappa shape index (κ2) is 8.13. The van der Waals surface area contributed by atoms with Crippen molar-refractivity contribution in [1.82, 2.24) is 15.4 Å². The first kappa shape index (κ1) is 19.4. The molecule has 5 nitrogen and oxygen atoms in total. The predicted molar refractivity (Wildman–Crippen MR) is 114 cm³/mol. The quantitative estimate of drug-likeness (QED) is 0.304. The summed E-state index contributed by atoms with van der Waals surface area (Å²) in [5, 5.41) is 19.1. The third kappa shape index (κ3) is 3.58. The number of phenolic OH excluding ortho intramolecular Hbond substituents is 1. The molecule has 0 fully saturated rings. The lowest BCUT2D eigenvalue weighted by Crippen LogP contribution is -2.83. The Labute approximate surface area is 160 Å². The highest BCUT2D eigenvalue weighted by Crippen LogP contribution is 2.30. The molecule has 0 atom stereocenters. The fourth-order valence-corrected chi connectivity index (χ4v) is 3.92. The molecular weight excluding hydrogens is 336 g/mol. The van der Waals surface area contributed by atoms with Gasteiger partial charge in [0.1, 0.15) is 18.6 Å². The molecule has 1 heterocycles. The molecule has 1 aromatic heterocycles. The molecule has 0 aliphatic heterocycles. The highest BCUT2D eigenvalue weighted by molar-refractivity contribution is 6.10. The lowest BCUT2D eigenvalue weighted by atomic mass is 9.99. The summed E-state index contributed by atoms with van der Waals surface area (Å²) >= 11 is 0. The van der Waals surface area contributed by atoms with Crippen LogP contribution in [0.2, 0.25) is 0 Å². The van der Waals surface area contributed by atoms with Crippen LogP contribution in [0.1, 0.15) is 31.9 Å². The van der Waals surface area contributed by atoms with Crippen LogP contribution in [-0.2, 0) is 0 Å². The molecule has 0 bridgehead atoms. The highest BCUT2D eigenvalue weighted by atomic mass is 16.3. The Morgan fingerprint density at radius 3 is 2.56 bits per heavy atom. The van der Waals surface area contributed by atoms with Gasteiger partial charge in [0.25, 0.3) is 0 Å². The topological polar surface area (TPSA) is 67.9 Å². The minimum atomic E-state index is 0.298. The number of aromatic nitrogens is 1. The summed E-state index contributed by atoms with van der Waals surface area (Å²) in [6.07, 6.45) is 4.40. The van der Waals surface area contributed by atoms with Crippen LogP contribution in [0.3, 0.4) is 0 Å². The largest absolute Gasteiger partial charge is 0.508 e. The van der Waals surface area contributed by atoms with E-state index in [0.29, 0.717) is 5.75 Å². The average Bonchev–Trinajstić information content (AvgIpc) is 3.04. The van der Waals surface area contributed by atoms with Crippen LogP contribution in [0.5, 0.6) is 5.75 Å². The van der Waals surface area contributed by atoms with E-state index in [2.05, 4.69) is 67.6 Å². The smallest absolute Gasteiger partial charge is 0.146 e. The number of benzene rings is 2. The Balaban J connectivity index is 2.14. The number of hydrogen-bond acceptors (Lipinski definition) is 3. The molecule has 5 N–H and O–H groups in total. The van der Waals surface area contributed by atoms with E-state index < -0.39 is 0 Å². The van der Waals surface area contributed by atoms with Crippen molar-refractivity contribution in [3.63, 3.8) is 0 Å². The van der Waals surface area contributed by atoms with Gasteiger partial charge in [-0.15, -0.1) is 0 Å². The summed E-state index contributed by atoms with van der Waals surface area (Å²) in [6.45, 7) is 13.5. The maximum atomic E-state index is 9.96. The maximum Gasteiger partial charge on any atom is 0.146 e. The normalized spacial score (nSPS) is 13.6. The van der Waals surface area contributed by atoms with E-state index in [1.807, 2.05) is 12.1 Å². The van der Waals surface area contributed by atoms with E-state index in [4.69, 9.17) is 0 Å². The molecule has 3 aromatic rings. The number of fused-ring (bicyclic) bond motifs is 3. The van der Waals surface area contributed by atoms with Crippen molar-refractivity contribution >= 4 is 34.1 Å². The summed E-state index contributed by atoms with van der Waals surface area (Å²) < 4.78 is 0. The number of aromatic hydroxyl groups is 1. The van der Waals surface area contributed by atoms with Crippen LogP contribution in [0.25, 0.3) is 34.1 Å². The number of rotatable bonds is 6. The Bertz CT molecular complexity index is 1080. The number of aromatic amines is 1. The first-order valence-electron chi connectivity index (χ1n) is 9.73. The first-order valence-corrected chi connectivity index (χ1v) is 9.73. The lowest BCUT2D eigenvalue weighted by Gasteiger charge is -2.17. The second-order valence-corrected chi connectivity index (χ2v) is 6.91. The fraction of sp³-hybridized carbons (Fsp3) is 0.364. The number of quaternary nitrogens is 1. The van der Waals surface area contributed by atoms with E-state index in [1.54, 1.807) is 6.07 Å². The van der Waals surface area contributed by atoms with Gasteiger partial charge in [0.2, 0.25) is 0 Å². The van der Waals surface area contributed by atoms with Crippen molar-refractivity contribution in [2.45, 2.75) is 34.6 Å². The zero-order valence-corrected chi connectivity index (χ0v) is 17.0. The zero-order valence-electron chi connectivity index (χ0n) is 17.0. The van der Waals surface area contributed by atoms with Gasteiger partial charge in [-0.25, -0.2) is 10.4 Å². The van der Waals surface area contributed by atoms with Crippen LogP contribution < -0.4 is 21.2 Å². The number of aryl methyl sites for hydroxylation is 2. The first-order chi connectivity index (χ1) is 13.0. The monoisotopic (exact) mass is 367 g/mol. The molecule has 0 aliphatic carbocycles. The Morgan fingerprint density at radius 1 is 1.15 bits per heavy atom. The Hall–Kier alpha value is -2.34. The van der Waals surface area contributed by atoms with Gasteiger partial charge < -0.3 is 15.4 Å². The number of H-pyrrole nitrogens is 1. The van der Waals surface area contributed by atoms with E-state index in [-0.39, 0.29) is 0 Å². The zero-order chi connectivity index (χ0) is 19.6. The van der Waals surface area contributed by atoms with Gasteiger partial charge in [-0.2, -0.15) is 0 Å². The number of phenols is 1. The molecule has 27 heavy (non-hydrogen) atoms. The Kier molecular flexibility index (Phi) is 5.85. The third-order valence-corrected chi connectivity index (χ3v) is 5.40. The van der Waals surface area contributed by atoms with E-state index in [1.165, 1.54) is 27.0 Å². The van der Waals surface area contributed by atoms with Crippen LogP contribution in [-0.4, -0.2) is 34.9 Å². The van der Waals surface area contributed by atoms with Crippen LogP contribution in [0, 0.1) is 13.8 Å². The highest BCUT2D eigenvalue weighted by Gasteiger charge is 2.13. The van der Waals surface area contributed by atoms with Gasteiger partial charge in [0.05, 0.1) is 5.52 Å². The van der Waals surface area contributed by atoms with Crippen molar-refractivity contribution in [2.75, 3.05) is 19.8 Å². The summed E-state index contributed by atoms with van der Waals surface area (Å²) in [4.78, 5) is 3.54. The minimum Gasteiger partial charge on any atom is -0.508 e. The molecule has 144 valence electrons. The molecule has 0 aliphatic rings. The fourth-order valence-electron chi connectivity index (χ4n) is 3.92. The predicted octanol–water partition coefficient (Wildman–Crippen LogP) is 1.55. The summed E-state index contributed by atoms with van der Waals surface area (Å²) in [6, 6.07) is 5.53. The van der Waals surface area contributed by atoms with E-state index in [9.17, 15) is 5.11 Å². The van der Waals surface area contributed by atoms with Crippen LogP contribution >= 0.6 is 0 Å². The number of hydrogen-bond donors (Lipinski definition) is 4.